The lowest BCUT2D eigenvalue weighted by atomic mass is 10.3. The van der Waals surface area contributed by atoms with E-state index in [0.717, 1.165) is 16.3 Å². The first-order valence-electron chi connectivity index (χ1n) is 6.15. The molecule has 0 saturated heterocycles. The maximum atomic E-state index is 10.9. The van der Waals surface area contributed by atoms with Gasteiger partial charge in [-0.3, -0.25) is 4.79 Å². The summed E-state index contributed by atoms with van der Waals surface area (Å²) in [6.07, 6.45) is 3.62. The fraction of sp³-hybridized carbons (Fsp3) is 0.286. The lowest BCUT2D eigenvalue weighted by Gasteiger charge is -2.06. The molecule has 2 N–H and O–H groups in total. The van der Waals surface area contributed by atoms with Gasteiger partial charge in [0.2, 0.25) is 5.91 Å². The Morgan fingerprint density at radius 1 is 1.60 bits per heavy atom. The number of nitrogens with zero attached hydrogens (tertiary/aromatic N) is 2. The van der Waals surface area contributed by atoms with Crippen molar-refractivity contribution in [2.24, 2.45) is 0 Å². The summed E-state index contributed by atoms with van der Waals surface area (Å²) in [5.74, 6) is 6.31. The maximum Gasteiger partial charge on any atom is 0.216 e. The molecule has 0 aliphatic carbocycles. The number of carbonyl (C=O) groups is 1. The van der Waals surface area contributed by atoms with Crippen LogP contribution in [-0.2, 0) is 11.3 Å². The lowest BCUT2D eigenvalue weighted by molar-refractivity contribution is -0.118. The van der Waals surface area contributed by atoms with Gasteiger partial charge in [-0.05, 0) is 6.07 Å². The monoisotopic (exact) mass is 289 g/mol. The van der Waals surface area contributed by atoms with E-state index in [2.05, 4.69) is 22.1 Å². The minimum Gasteiger partial charge on any atom is -0.384 e. The molecule has 0 aromatic carbocycles. The highest BCUT2D eigenvalue weighted by molar-refractivity contribution is 7.13. The average Bonchev–Trinajstić information content (AvgIpc) is 3.04. The number of rotatable bonds is 4. The first kappa shape index (κ1) is 14.3. The molecule has 2 aromatic rings. The number of aliphatic hydroxyl groups is 1. The summed E-state index contributed by atoms with van der Waals surface area (Å²) in [6, 6.07) is 1.95. The topological polar surface area (TPSA) is 67.2 Å². The Kier molecular flexibility index (Phi) is 4.93. The fourth-order valence-electron chi connectivity index (χ4n) is 1.73. The van der Waals surface area contributed by atoms with Gasteiger partial charge >= 0.3 is 0 Å². The Bertz CT molecular complexity index is 649. The number of amides is 1. The van der Waals surface area contributed by atoms with Crippen LogP contribution in [0.5, 0.6) is 0 Å². The minimum atomic E-state index is -0.142. The van der Waals surface area contributed by atoms with Gasteiger partial charge < -0.3 is 15.0 Å². The Labute approximate surface area is 121 Å². The third kappa shape index (κ3) is 3.70. The Balaban J connectivity index is 2.11. The normalized spacial score (nSPS) is 9.90. The van der Waals surface area contributed by atoms with Crippen molar-refractivity contribution in [3.63, 3.8) is 0 Å². The average molecular weight is 289 g/mol. The molecule has 0 bridgehead atoms. The van der Waals surface area contributed by atoms with Gasteiger partial charge in [0.1, 0.15) is 12.4 Å². The molecule has 0 unspecified atom stereocenters. The van der Waals surface area contributed by atoms with Crippen LogP contribution in [0.25, 0.3) is 10.7 Å². The lowest BCUT2D eigenvalue weighted by Crippen LogP contribution is -2.24. The van der Waals surface area contributed by atoms with E-state index < -0.39 is 0 Å². The first-order chi connectivity index (χ1) is 9.70. The molecule has 0 fully saturated rings. The summed E-state index contributed by atoms with van der Waals surface area (Å²) in [6.45, 7) is 2.60. The second-order valence-corrected chi connectivity index (χ2v) is 5.00. The molecule has 1 amide bonds. The molecule has 0 spiro atoms. The number of hydrogen-bond acceptors (Lipinski definition) is 4. The number of nitrogens with one attached hydrogen (secondary N) is 1. The van der Waals surface area contributed by atoms with E-state index in [1.165, 1.54) is 6.92 Å². The van der Waals surface area contributed by atoms with Gasteiger partial charge in [0.15, 0.2) is 0 Å². The van der Waals surface area contributed by atoms with Gasteiger partial charge in [-0.2, -0.15) is 0 Å². The van der Waals surface area contributed by atoms with E-state index in [9.17, 15) is 4.79 Å². The second-order valence-electron chi connectivity index (χ2n) is 4.09. The van der Waals surface area contributed by atoms with Crippen LogP contribution >= 0.6 is 11.3 Å². The van der Waals surface area contributed by atoms with E-state index in [-0.39, 0.29) is 12.5 Å². The number of aliphatic hydroxyl groups excluding tert-OH is 1. The molecule has 2 aromatic heterocycles. The van der Waals surface area contributed by atoms with E-state index in [0.29, 0.717) is 13.1 Å². The maximum absolute atomic E-state index is 10.9. The number of imidazole rings is 1. The van der Waals surface area contributed by atoms with Crippen molar-refractivity contribution in [2.75, 3.05) is 13.2 Å². The molecule has 5 nitrogen and oxygen atoms in total. The van der Waals surface area contributed by atoms with Crippen molar-refractivity contribution >= 4 is 17.2 Å². The molecule has 104 valence electrons. The zero-order chi connectivity index (χ0) is 14.4. The van der Waals surface area contributed by atoms with Crippen LogP contribution in [0.2, 0.25) is 0 Å². The van der Waals surface area contributed by atoms with Gasteiger partial charge in [-0.15, -0.1) is 11.3 Å². The Hall–Kier alpha value is -2.10. The number of carbonyl (C=O) groups excluding carboxylic acids is 1. The summed E-state index contributed by atoms with van der Waals surface area (Å²) in [7, 11) is 0. The molecule has 2 heterocycles. The predicted octanol–water partition coefficient (Wildman–Crippen LogP) is 1.09. The fourth-order valence-corrected chi connectivity index (χ4v) is 2.58. The quantitative estimate of drug-likeness (QED) is 0.828. The second kappa shape index (κ2) is 6.89. The van der Waals surface area contributed by atoms with Crippen LogP contribution < -0.4 is 5.32 Å². The Morgan fingerprint density at radius 3 is 3.20 bits per heavy atom. The zero-order valence-corrected chi connectivity index (χ0v) is 11.9. The molecule has 0 saturated carbocycles. The number of hydrogen-bond donors (Lipinski definition) is 2. The van der Waals surface area contributed by atoms with Crippen molar-refractivity contribution in [1.82, 2.24) is 14.9 Å². The van der Waals surface area contributed by atoms with Crippen molar-refractivity contribution in [3.8, 4) is 22.5 Å². The highest BCUT2D eigenvalue weighted by Gasteiger charge is 2.08. The number of aromatic nitrogens is 2. The molecule has 0 aliphatic rings. The van der Waals surface area contributed by atoms with Crippen molar-refractivity contribution < 1.29 is 9.90 Å². The van der Waals surface area contributed by atoms with Gasteiger partial charge in [0, 0.05) is 43.4 Å². The molecule has 0 radical (unpaired) electrons. The van der Waals surface area contributed by atoms with Gasteiger partial charge in [0.25, 0.3) is 0 Å². The first-order valence-corrected chi connectivity index (χ1v) is 7.03. The van der Waals surface area contributed by atoms with Crippen molar-refractivity contribution in [2.45, 2.75) is 13.5 Å². The van der Waals surface area contributed by atoms with Crippen LogP contribution in [0.3, 0.4) is 0 Å². The molecule has 0 atom stereocenters. The molecule has 20 heavy (non-hydrogen) atoms. The third-order valence-corrected chi connectivity index (χ3v) is 3.50. The summed E-state index contributed by atoms with van der Waals surface area (Å²) < 4.78 is 1.99. The highest BCUT2D eigenvalue weighted by atomic mass is 32.1. The van der Waals surface area contributed by atoms with Gasteiger partial charge in [-0.1, -0.05) is 11.8 Å². The molecule has 2 rings (SSSR count). The molecular weight excluding hydrogens is 274 g/mol. The molecule has 0 aliphatic heterocycles. The smallest absolute Gasteiger partial charge is 0.216 e. The van der Waals surface area contributed by atoms with Crippen LogP contribution in [0.15, 0.2) is 23.8 Å². The van der Waals surface area contributed by atoms with E-state index in [1.54, 1.807) is 17.5 Å². The van der Waals surface area contributed by atoms with Crippen LogP contribution in [-0.4, -0.2) is 33.7 Å². The van der Waals surface area contributed by atoms with Crippen molar-refractivity contribution in [1.29, 1.82) is 0 Å². The highest BCUT2D eigenvalue weighted by Crippen LogP contribution is 2.25. The standard InChI is InChI=1S/C14H15N3O2S/c1-11(19)15-4-6-17-7-5-16-14(17)13-9-12(10-20-13)3-2-8-18/h5,7,9-10,18H,4,6,8H2,1H3,(H,15,19). The summed E-state index contributed by atoms with van der Waals surface area (Å²) in [5.41, 5.74) is 0.871. The van der Waals surface area contributed by atoms with Gasteiger partial charge in [0.05, 0.1) is 4.88 Å². The van der Waals surface area contributed by atoms with E-state index >= 15 is 0 Å². The minimum absolute atomic E-state index is 0.0376. The van der Waals surface area contributed by atoms with E-state index in [1.807, 2.05) is 22.2 Å². The van der Waals surface area contributed by atoms with Crippen molar-refractivity contribution in [3.05, 3.63) is 29.4 Å². The summed E-state index contributed by atoms with van der Waals surface area (Å²) >= 11 is 1.56. The van der Waals surface area contributed by atoms with Gasteiger partial charge in [-0.25, -0.2) is 4.98 Å². The summed E-state index contributed by atoms with van der Waals surface area (Å²) in [5, 5.41) is 13.4. The molecule has 6 heteroatoms. The molecular formula is C14H15N3O2S. The third-order valence-electron chi connectivity index (χ3n) is 2.57. The van der Waals surface area contributed by atoms with Crippen LogP contribution in [0.1, 0.15) is 12.5 Å². The van der Waals surface area contributed by atoms with Crippen LogP contribution in [0, 0.1) is 11.8 Å². The van der Waals surface area contributed by atoms with E-state index in [4.69, 9.17) is 5.11 Å². The zero-order valence-electron chi connectivity index (χ0n) is 11.1. The number of thiophene rings is 1. The Morgan fingerprint density at radius 2 is 2.45 bits per heavy atom. The predicted molar refractivity (Wildman–Crippen MR) is 78.2 cm³/mol. The largest absolute Gasteiger partial charge is 0.384 e. The SMILES string of the molecule is CC(=O)NCCn1ccnc1-c1cc(C#CCO)cs1. The summed E-state index contributed by atoms with van der Waals surface area (Å²) in [4.78, 5) is 16.2. The van der Waals surface area contributed by atoms with Crippen LogP contribution in [0.4, 0.5) is 0 Å².